The molecule has 1 fully saturated rings. The van der Waals surface area contributed by atoms with Crippen LogP contribution in [0.3, 0.4) is 0 Å². The monoisotopic (exact) mass is 586 g/mol. The molecular weight excluding hydrogens is 544 g/mol. The lowest BCUT2D eigenvalue weighted by molar-refractivity contribution is -0.138. The van der Waals surface area contributed by atoms with E-state index >= 15 is 0 Å². The first-order chi connectivity index (χ1) is 20.4. The quantitative estimate of drug-likeness (QED) is 0.125. The third-order valence-corrected chi connectivity index (χ3v) is 8.38. The number of nitrogens with zero attached hydrogens (tertiary/aromatic N) is 1. The van der Waals surface area contributed by atoms with Gasteiger partial charge >= 0.3 is 5.97 Å². The minimum atomic E-state index is -0.318. The zero-order chi connectivity index (χ0) is 29.7. The second kappa shape index (κ2) is 16.1. The fourth-order valence-electron chi connectivity index (χ4n) is 5.25. The van der Waals surface area contributed by atoms with Crippen molar-refractivity contribution in [1.29, 1.82) is 0 Å². The van der Waals surface area contributed by atoms with Gasteiger partial charge in [-0.1, -0.05) is 61.7 Å². The Balaban J connectivity index is 1.46. The smallest absolute Gasteiger partial charge is 0.333 e. The summed E-state index contributed by atoms with van der Waals surface area (Å²) >= 11 is 1.54. The van der Waals surface area contributed by atoms with Crippen LogP contribution in [0, 0.1) is 5.92 Å². The molecule has 0 radical (unpaired) electrons. The van der Waals surface area contributed by atoms with Crippen LogP contribution in [0.25, 0.3) is 6.08 Å². The number of ether oxygens (including phenoxy) is 2. The first kappa shape index (κ1) is 31.2. The number of carbonyl (C=O) groups excluding carboxylic acids is 2. The average molecular weight is 587 g/mol. The predicted octanol–water partition coefficient (Wildman–Crippen LogP) is 8.01. The Hall–Kier alpha value is -3.71. The molecule has 1 heterocycles. The molecule has 1 aliphatic carbocycles. The number of benzene rings is 2. The molecule has 1 aromatic heterocycles. The van der Waals surface area contributed by atoms with Gasteiger partial charge in [0.25, 0.3) is 0 Å². The number of hydrogen-bond donors (Lipinski definition) is 1. The Labute approximate surface area is 253 Å². The third-order valence-electron chi connectivity index (χ3n) is 7.40. The Morgan fingerprint density at radius 1 is 1.02 bits per heavy atom. The number of rotatable bonds is 13. The Kier molecular flexibility index (Phi) is 11.9. The molecule has 1 N–H and O–H groups in total. The van der Waals surface area contributed by atoms with E-state index in [0.29, 0.717) is 37.5 Å². The minimum absolute atomic E-state index is 0.0891. The van der Waals surface area contributed by atoms with Gasteiger partial charge in [0.05, 0.1) is 18.3 Å². The number of amides is 1. The number of thiazole rings is 1. The fraction of sp³-hybridized carbons (Fsp3) is 0.400. The van der Waals surface area contributed by atoms with E-state index in [0.717, 1.165) is 46.0 Å². The number of hydrogen-bond acceptors (Lipinski definition) is 6. The molecule has 1 atom stereocenters. The van der Waals surface area contributed by atoms with Crippen molar-refractivity contribution in [2.75, 3.05) is 6.61 Å². The molecule has 3 aromatic rings. The van der Waals surface area contributed by atoms with Crippen LogP contribution in [-0.2, 0) is 27.4 Å². The Bertz CT molecular complexity index is 1360. The molecule has 0 unspecified atom stereocenters. The molecular formula is C35H42N2O4S. The minimum Gasteiger partial charge on any atom is -0.489 e. The molecule has 0 aliphatic heterocycles. The van der Waals surface area contributed by atoms with E-state index in [9.17, 15) is 9.59 Å². The number of nitrogens with one attached hydrogen (secondary N) is 1. The van der Waals surface area contributed by atoms with Crippen LogP contribution >= 0.6 is 11.3 Å². The standard InChI is InChI=1S/C35H42N2O4S/c1-4-40-35(39)26(3)19-25(2)20-30-24-42-34(36-30)32(37-33(38)22-27-11-7-5-8-12-27)21-28-15-17-31(18-16-28)41-23-29-13-9-6-10-14-29/h6,9-10,13-20,24,27,32H,4-5,7-8,11-12,21-23H2,1-3H3,(H,37,38)/b25-20+,26-19-/t32-/m0/s1. The number of esters is 1. The van der Waals surface area contributed by atoms with Gasteiger partial charge in [-0.15, -0.1) is 11.3 Å². The third kappa shape index (κ3) is 9.98. The first-order valence-corrected chi connectivity index (χ1v) is 15.8. The molecule has 0 bridgehead atoms. The van der Waals surface area contributed by atoms with E-state index < -0.39 is 0 Å². The molecule has 1 saturated carbocycles. The van der Waals surface area contributed by atoms with Gasteiger partial charge in [-0.25, -0.2) is 9.78 Å². The summed E-state index contributed by atoms with van der Waals surface area (Å²) in [4.78, 5) is 30.0. The normalized spacial score (nSPS) is 15.2. The lowest BCUT2D eigenvalue weighted by atomic mass is 9.87. The van der Waals surface area contributed by atoms with Crippen molar-refractivity contribution in [2.45, 2.75) is 78.4 Å². The highest BCUT2D eigenvalue weighted by Crippen LogP contribution is 2.28. The maximum absolute atomic E-state index is 13.2. The molecule has 6 nitrogen and oxygen atoms in total. The van der Waals surface area contributed by atoms with E-state index in [1.54, 1.807) is 25.2 Å². The summed E-state index contributed by atoms with van der Waals surface area (Å²) in [5, 5.41) is 6.16. The second-order valence-corrected chi connectivity index (χ2v) is 11.9. The van der Waals surface area contributed by atoms with Gasteiger partial charge in [0.1, 0.15) is 17.4 Å². The maximum Gasteiger partial charge on any atom is 0.333 e. The van der Waals surface area contributed by atoms with Crippen molar-refractivity contribution >= 4 is 29.3 Å². The zero-order valence-corrected chi connectivity index (χ0v) is 25.8. The first-order valence-electron chi connectivity index (χ1n) is 14.9. The van der Waals surface area contributed by atoms with Crippen LogP contribution in [0.4, 0.5) is 0 Å². The molecule has 1 aliphatic rings. The lowest BCUT2D eigenvalue weighted by Gasteiger charge is -2.23. The van der Waals surface area contributed by atoms with Gasteiger partial charge in [-0.05, 0) is 86.9 Å². The molecule has 2 aromatic carbocycles. The van der Waals surface area contributed by atoms with Crippen molar-refractivity contribution in [3.63, 3.8) is 0 Å². The Morgan fingerprint density at radius 2 is 1.76 bits per heavy atom. The van der Waals surface area contributed by atoms with E-state index in [-0.39, 0.29) is 17.9 Å². The van der Waals surface area contributed by atoms with Gasteiger partial charge < -0.3 is 14.8 Å². The molecule has 1 amide bonds. The molecule has 4 rings (SSSR count). The molecule has 7 heteroatoms. The van der Waals surface area contributed by atoms with Gasteiger partial charge in [-0.3, -0.25) is 4.79 Å². The zero-order valence-electron chi connectivity index (χ0n) is 24.9. The summed E-state index contributed by atoms with van der Waals surface area (Å²) < 4.78 is 11.0. The topological polar surface area (TPSA) is 77.5 Å². The van der Waals surface area contributed by atoms with Gasteiger partial charge in [0, 0.05) is 17.4 Å². The van der Waals surface area contributed by atoms with E-state index in [1.807, 2.05) is 66.9 Å². The Morgan fingerprint density at radius 3 is 2.48 bits per heavy atom. The van der Waals surface area contributed by atoms with E-state index in [2.05, 4.69) is 17.4 Å². The average Bonchev–Trinajstić information content (AvgIpc) is 3.45. The summed E-state index contributed by atoms with van der Waals surface area (Å²) in [7, 11) is 0. The number of carbonyl (C=O) groups is 2. The lowest BCUT2D eigenvalue weighted by Crippen LogP contribution is -2.31. The fourth-order valence-corrected chi connectivity index (χ4v) is 6.08. The van der Waals surface area contributed by atoms with Crippen LogP contribution in [0.15, 0.2) is 77.2 Å². The highest BCUT2D eigenvalue weighted by atomic mass is 32.1. The SMILES string of the molecule is CCOC(=O)/C(C)=C\C(C)=C\c1csc([C@H](Cc2ccc(OCc3ccccc3)cc2)NC(=O)CC2CCCCC2)n1. The maximum atomic E-state index is 13.2. The summed E-state index contributed by atoms with van der Waals surface area (Å²) in [5.74, 6) is 1.05. The summed E-state index contributed by atoms with van der Waals surface area (Å²) in [6, 6.07) is 18.0. The van der Waals surface area contributed by atoms with Crippen LogP contribution in [0.1, 0.15) is 87.2 Å². The molecule has 222 valence electrons. The summed E-state index contributed by atoms with van der Waals surface area (Å²) in [6.07, 6.45) is 10.9. The predicted molar refractivity (Wildman–Crippen MR) is 169 cm³/mol. The number of allylic oxidation sites excluding steroid dienone is 2. The molecule has 42 heavy (non-hydrogen) atoms. The van der Waals surface area contributed by atoms with Crippen molar-refractivity contribution in [2.24, 2.45) is 5.92 Å². The van der Waals surface area contributed by atoms with Gasteiger partial charge in [-0.2, -0.15) is 0 Å². The van der Waals surface area contributed by atoms with Crippen molar-refractivity contribution in [3.05, 3.63) is 99.0 Å². The summed E-state index contributed by atoms with van der Waals surface area (Å²) in [5.41, 5.74) is 4.47. The summed E-state index contributed by atoms with van der Waals surface area (Å²) in [6.45, 7) is 6.34. The largest absolute Gasteiger partial charge is 0.489 e. The van der Waals surface area contributed by atoms with Gasteiger partial charge in [0.2, 0.25) is 5.91 Å². The van der Waals surface area contributed by atoms with Crippen LogP contribution in [-0.4, -0.2) is 23.5 Å². The van der Waals surface area contributed by atoms with E-state index in [1.165, 1.54) is 19.3 Å². The van der Waals surface area contributed by atoms with Crippen molar-refractivity contribution in [3.8, 4) is 5.75 Å². The number of aromatic nitrogens is 1. The van der Waals surface area contributed by atoms with Crippen molar-refractivity contribution < 1.29 is 19.1 Å². The van der Waals surface area contributed by atoms with Gasteiger partial charge in [0.15, 0.2) is 0 Å². The molecule has 0 saturated heterocycles. The van der Waals surface area contributed by atoms with Crippen LogP contribution < -0.4 is 10.1 Å². The highest BCUT2D eigenvalue weighted by Gasteiger charge is 2.22. The van der Waals surface area contributed by atoms with Crippen LogP contribution in [0.2, 0.25) is 0 Å². The highest BCUT2D eigenvalue weighted by molar-refractivity contribution is 7.09. The van der Waals surface area contributed by atoms with Crippen LogP contribution in [0.5, 0.6) is 5.75 Å². The van der Waals surface area contributed by atoms with Crippen molar-refractivity contribution in [1.82, 2.24) is 10.3 Å². The molecule has 0 spiro atoms. The second-order valence-electron chi connectivity index (χ2n) is 11.0. The van der Waals surface area contributed by atoms with E-state index in [4.69, 9.17) is 14.5 Å².